The van der Waals surface area contributed by atoms with Crippen LogP contribution in [0.25, 0.3) is 10.2 Å². The van der Waals surface area contributed by atoms with E-state index in [4.69, 9.17) is 13.3 Å². The van der Waals surface area contributed by atoms with Crippen molar-refractivity contribution >= 4 is 101 Å². The van der Waals surface area contributed by atoms with Gasteiger partial charge in [0.15, 0.2) is 4.34 Å². The van der Waals surface area contributed by atoms with Gasteiger partial charge in [-0.25, -0.2) is 4.98 Å². The summed E-state index contributed by atoms with van der Waals surface area (Å²) in [6, 6.07) is 9.17. The van der Waals surface area contributed by atoms with E-state index in [1.165, 1.54) is 4.70 Å². The first-order valence-corrected chi connectivity index (χ1v) is 20.9. The van der Waals surface area contributed by atoms with Crippen LogP contribution in [0.3, 0.4) is 0 Å². The van der Waals surface area contributed by atoms with Gasteiger partial charge in [0.05, 0.1) is 10.2 Å². The van der Waals surface area contributed by atoms with E-state index in [-0.39, 0.29) is 0 Å². The number of aromatic nitrogens is 1. The predicted octanol–water partition coefficient (Wildman–Crippen LogP) is 8.72. The lowest BCUT2D eigenvalue weighted by Crippen LogP contribution is -2.46. The Morgan fingerprint density at radius 3 is 2.24 bits per heavy atom. The van der Waals surface area contributed by atoms with Gasteiger partial charge in [-0.1, -0.05) is 22.9 Å². The normalized spacial score (nSPS) is 12.1. The van der Waals surface area contributed by atoms with E-state index in [1.54, 1.807) is 51.6 Å². The molecule has 0 atom stereocenters. The van der Waals surface area contributed by atoms with E-state index in [0.29, 0.717) is 19.8 Å². The third kappa shape index (κ3) is 10.4. The Morgan fingerprint density at radius 1 is 0.897 bits per heavy atom. The molecule has 2 rings (SSSR count). The van der Waals surface area contributed by atoms with Gasteiger partial charge in [0.1, 0.15) is 0 Å². The van der Waals surface area contributed by atoms with Crippen molar-refractivity contribution in [2.24, 2.45) is 0 Å². The van der Waals surface area contributed by atoms with Gasteiger partial charge in [-0.2, -0.15) is 0 Å². The fourth-order valence-corrected chi connectivity index (χ4v) is 20.8. The van der Waals surface area contributed by atoms with Crippen LogP contribution in [0.1, 0.15) is 27.2 Å². The number of fused-ring (bicyclic) bond motifs is 1. The van der Waals surface area contributed by atoms with Crippen LogP contribution in [0, 0.1) is 0 Å². The zero-order chi connectivity index (χ0) is 20.8. The Hall–Kier alpha value is 1.66. The molecule has 0 saturated heterocycles. The number of thiazole rings is 1. The zero-order valence-electron chi connectivity index (χ0n) is 16.5. The predicted molar refractivity (Wildman–Crippen MR) is 146 cm³/mol. The second kappa shape index (κ2) is 16.3. The molecule has 0 aliphatic carbocycles. The molecule has 0 saturated carbocycles. The van der Waals surface area contributed by atoms with Crippen molar-refractivity contribution < 1.29 is 13.3 Å². The van der Waals surface area contributed by atoms with Crippen LogP contribution in [0.2, 0.25) is 6.04 Å². The molecule has 2 aromatic rings. The minimum Gasteiger partial charge on any atom is -0.374 e. The summed E-state index contributed by atoms with van der Waals surface area (Å²) in [5.74, 6) is 1.07. The van der Waals surface area contributed by atoms with E-state index < -0.39 is 8.80 Å². The summed E-state index contributed by atoms with van der Waals surface area (Å²) in [6.07, 6.45) is 1.05. The highest BCUT2D eigenvalue weighted by Crippen LogP contribution is 2.56. The first-order valence-electron chi connectivity index (χ1n) is 9.13. The number of nitrogens with zero attached hydrogens (tertiary/aromatic N) is 1. The summed E-state index contributed by atoms with van der Waals surface area (Å²) >= 11 is 1.75. The highest BCUT2D eigenvalue weighted by molar-refractivity contribution is 9.46. The van der Waals surface area contributed by atoms with Crippen molar-refractivity contribution in [2.75, 3.05) is 25.6 Å². The quantitative estimate of drug-likeness (QED) is 0.105. The second-order valence-electron chi connectivity index (χ2n) is 5.28. The minimum atomic E-state index is -2.48. The third-order valence-electron chi connectivity index (χ3n) is 3.34. The lowest BCUT2D eigenvalue weighted by Gasteiger charge is -2.28. The first-order chi connectivity index (χ1) is 14.2. The molecule has 0 fully saturated rings. The molecule has 0 aliphatic rings. The van der Waals surface area contributed by atoms with Crippen molar-refractivity contribution in [3.63, 3.8) is 0 Å². The maximum absolute atomic E-state index is 5.89. The summed E-state index contributed by atoms with van der Waals surface area (Å²) in [5.41, 5.74) is 1.09. The van der Waals surface area contributed by atoms with Gasteiger partial charge in [0, 0.05) is 31.6 Å². The van der Waals surface area contributed by atoms with Crippen molar-refractivity contribution in [3.8, 4) is 0 Å². The molecule has 0 bridgehead atoms. The zero-order valence-corrected chi connectivity index (χ0v) is 24.0. The number of rotatable bonds is 17. The van der Waals surface area contributed by atoms with Crippen LogP contribution < -0.4 is 0 Å². The van der Waals surface area contributed by atoms with Crippen molar-refractivity contribution in [1.29, 1.82) is 0 Å². The number of hydrogen-bond donors (Lipinski definition) is 0. The van der Waals surface area contributed by atoms with Gasteiger partial charge < -0.3 is 13.3 Å². The molecule has 0 aliphatic heterocycles. The fraction of sp³-hybridized carbons (Fsp3) is 0.562. The summed E-state index contributed by atoms with van der Waals surface area (Å²) in [7, 11) is 10.1. The van der Waals surface area contributed by atoms with Gasteiger partial charge in [-0.15, -0.1) is 11.3 Å². The lowest BCUT2D eigenvalue weighted by atomic mass is 10.3. The van der Waals surface area contributed by atoms with Crippen LogP contribution in [-0.4, -0.2) is 39.4 Å². The monoisotopic (exact) mass is 563 g/mol. The Bertz CT molecular complexity index is 645. The van der Waals surface area contributed by atoms with Crippen LogP contribution in [0.5, 0.6) is 0 Å². The molecular weight excluding hydrogens is 539 g/mol. The fourth-order valence-electron chi connectivity index (χ4n) is 2.37. The lowest BCUT2D eigenvalue weighted by molar-refractivity contribution is 0.0712. The molecule has 1 heterocycles. The van der Waals surface area contributed by atoms with Crippen LogP contribution in [0.4, 0.5) is 0 Å². The molecule has 1 aromatic carbocycles. The van der Waals surface area contributed by atoms with Gasteiger partial charge in [0.25, 0.3) is 0 Å². The van der Waals surface area contributed by atoms with Crippen molar-refractivity contribution in [2.45, 2.75) is 37.6 Å². The van der Waals surface area contributed by atoms with Gasteiger partial charge >= 0.3 is 8.80 Å². The molecule has 4 nitrogen and oxygen atoms in total. The summed E-state index contributed by atoms with van der Waals surface area (Å²) in [6.45, 7) is 7.94. The van der Waals surface area contributed by atoms with Crippen LogP contribution >= 0.6 is 82.1 Å². The molecule has 0 radical (unpaired) electrons. The van der Waals surface area contributed by atoms with Crippen LogP contribution in [-0.2, 0) is 13.3 Å². The average molecular weight is 564 g/mol. The molecule has 0 amide bonds. The first kappa shape index (κ1) is 26.9. The van der Waals surface area contributed by atoms with Crippen molar-refractivity contribution in [3.05, 3.63) is 24.3 Å². The topological polar surface area (TPSA) is 40.6 Å². The number of benzene rings is 1. The highest BCUT2D eigenvalue weighted by Gasteiger charge is 2.39. The van der Waals surface area contributed by atoms with Gasteiger partial charge in [-0.05, 0) is 99.2 Å². The smallest absolute Gasteiger partial charge is 0.374 e. The maximum Gasteiger partial charge on any atom is 0.500 e. The number of para-hydroxylation sites is 1. The molecule has 0 unspecified atom stereocenters. The molecule has 0 spiro atoms. The summed E-state index contributed by atoms with van der Waals surface area (Å²) in [5, 5.41) is 0. The maximum atomic E-state index is 5.89. The Morgan fingerprint density at radius 2 is 1.55 bits per heavy atom. The van der Waals surface area contributed by atoms with E-state index in [9.17, 15) is 0 Å². The Kier molecular flexibility index (Phi) is 15.1. The van der Waals surface area contributed by atoms with E-state index in [2.05, 4.69) is 23.2 Å². The molecule has 0 N–H and O–H groups in total. The average Bonchev–Trinajstić information content (AvgIpc) is 3.13. The largest absolute Gasteiger partial charge is 0.500 e. The molecular formula is C16H25NO3S8Si. The summed E-state index contributed by atoms with van der Waals surface area (Å²) in [4.78, 5) is 4.63. The number of hydrogen-bond acceptors (Lipinski definition) is 12. The molecule has 29 heavy (non-hydrogen) atoms. The Balaban J connectivity index is 1.51. The Labute approximate surface area is 205 Å². The SMILES string of the molecule is CCO[Si](CCCSSSSSSSc1nc2ccccc2s1)(OCC)OCC. The molecule has 164 valence electrons. The van der Waals surface area contributed by atoms with Gasteiger partial charge in [-0.3, -0.25) is 0 Å². The van der Waals surface area contributed by atoms with Crippen molar-refractivity contribution in [1.82, 2.24) is 4.98 Å². The van der Waals surface area contributed by atoms with E-state index in [1.807, 2.05) is 57.3 Å². The summed E-state index contributed by atoms with van der Waals surface area (Å²) < 4.78 is 20.0. The highest BCUT2D eigenvalue weighted by atomic mass is 33.9. The minimum absolute atomic E-state index is 0.643. The standard InChI is InChI=1S/C16H25NO3S8Si/c1-4-18-29(19-5-2,20-6-3)13-9-12-21-24-26-28-27-25-23-16-17-14-10-7-8-11-15(14)22-16/h7-8,10-11H,4-6,9,12-13H2,1-3H3. The second-order valence-corrected chi connectivity index (χ2v) is 20.5. The molecule has 1 aromatic heterocycles. The molecule has 13 heteroatoms. The van der Waals surface area contributed by atoms with E-state index >= 15 is 0 Å². The van der Waals surface area contributed by atoms with Gasteiger partial charge in [0.2, 0.25) is 0 Å². The van der Waals surface area contributed by atoms with E-state index in [0.717, 1.165) is 28.1 Å². The van der Waals surface area contributed by atoms with Crippen LogP contribution in [0.15, 0.2) is 28.6 Å². The third-order valence-corrected chi connectivity index (χ3v) is 20.8.